The fourth-order valence-corrected chi connectivity index (χ4v) is 1.85. The minimum absolute atomic E-state index is 0.364. The van der Waals surface area contributed by atoms with E-state index in [1.54, 1.807) is 24.3 Å². The van der Waals surface area contributed by atoms with Gasteiger partial charge >= 0.3 is 5.97 Å². The highest BCUT2D eigenvalue weighted by Gasteiger charge is 2.04. The largest absolute Gasteiger partial charge is 0.465 e. The Morgan fingerprint density at radius 2 is 1.81 bits per heavy atom. The molecule has 3 heteroatoms. The van der Waals surface area contributed by atoms with Gasteiger partial charge in [-0.25, -0.2) is 4.79 Å². The summed E-state index contributed by atoms with van der Waals surface area (Å²) in [5, 5.41) is 9.98. The summed E-state index contributed by atoms with van der Waals surface area (Å²) in [6, 6.07) is 16.3. The van der Waals surface area contributed by atoms with E-state index in [2.05, 4.69) is 16.6 Å². The molecular formula is C18H16O3. The number of esters is 1. The molecule has 106 valence electrons. The molecule has 0 amide bonds. The smallest absolute Gasteiger partial charge is 0.337 e. The van der Waals surface area contributed by atoms with Crippen LogP contribution in [0.25, 0.3) is 0 Å². The highest BCUT2D eigenvalue weighted by atomic mass is 16.5. The summed E-state index contributed by atoms with van der Waals surface area (Å²) >= 11 is 0. The Morgan fingerprint density at radius 1 is 1.14 bits per heavy atom. The number of hydrogen-bond acceptors (Lipinski definition) is 3. The zero-order valence-electron chi connectivity index (χ0n) is 11.7. The number of rotatable bonds is 3. The molecule has 0 aliphatic rings. The molecule has 0 aliphatic carbocycles. The van der Waals surface area contributed by atoms with E-state index in [0.29, 0.717) is 12.0 Å². The number of carbonyl (C=O) groups is 1. The van der Waals surface area contributed by atoms with Gasteiger partial charge in [0.15, 0.2) is 0 Å². The first-order chi connectivity index (χ1) is 10.2. The molecule has 0 fully saturated rings. The highest BCUT2D eigenvalue weighted by Crippen LogP contribution is 2.15. The van der Waals surface area contributed by atoms with Crippen molar-refractivity contribution in [1.82, 2.24) is 0 Å². The van der Waals surface area contributed by atoms with Crippen LogP contribution in [0.1, 0.15) is 34.0 Å². The molecule has 3 nitrogen and oxygen atoms in total. The molecule has 0 aromatic heterocycles. The maximum absolute atomic E-state index is 11.3. The Labute approximate surface area is 124 Å². The first kappa shape index (κ1) is 14.8. The van der Waals surface area contributed by atoms with Gasteiger partial charge in [0, 0.05) is 12.0 Å². The molecule has 0 heterocycles. The standard InChI is InChI=1S/C18H16O3/c1-21-18(20)16-12-10-14(11-13-16)6-5-9-17(19)15-7-3-2-4-8-15/h2-4,7-8,10-13,17,19H,9H2,1H3. The van der Waals surface area contributed by atoms with Crippen LogP contribution < -0.4 is 0 Å². The van der Waals surface area contributed by atoms with Gasteiger partial charge in [0.25, 0.3) is 0 Å². The SMILES string of the molecule is COC(=O)c1ccc(C#CCC(O)c2ccccc2)cc1. The van der Waals surface area contributed by atoms with Crippen LogP contribution in [0.5, 0.6) is 0 Å². The monoisotopic (exact) mass is 280 g/mol. The Bertz CT molecular complexity index is 648. The molecule has 2 aromatic rings. The van der Waals surface area contributed by atoms with Gasteiger partial charge in [-0.15, -0.1) is 0 Å². The van der Waals surface area contributed by atoms with Gasteiger partial charge in [-0.05, 0) is 29.8 Å². The molecule has 0 radical (unpaired) electrons. The molecular weight excluding hydrogens is 264 g/mol. The summed E-state index contributed by atoms with van der Waals surface area (Å²) in [5.74, 6) is 5.55. The van der Waals surface area contributed by atoms with Crippen molar-refractivity contribution >= 4 is 5.97 Å². The third kappa shape index (κ3) is 4.20. The highest BCUT2D eigenvalue weighted by molar-refractivity contribution is 5.89. The maximum atomic E-state index is 11.3. The molecule has 1 N–H and O–H groups in total. The molecule has 0 saturated heterocycles. The third-order valence-electron chi connectivity index (χ3n) is 3.02. The molecule has 0 spiro atoms. The maximum Gasteiger partial charge on any atom is 0.337 e. The van der Waals surface area contributed by atoms with Crippen molar-refractivity contribution in [3.05, 3.63) is 71.3 Å². The second-order valence-electron chi connectivity index (χ2n) is 4.50. The average Bonchev–Trinajstić information content (AvgIpc) is 2.55. The second kappa shape index (κ2) is 7.28. The summed E-state index contributed by atoms with van der Waals surface area (Å²) < 4.78 is 4.63. The normalized spacial score (nSPS) is 11.1. The predicted octanol–water partition coefficient (Wildman–Crippen LogP) is 2.95. The first-order valence-corrected chi connectivity index (χ1v) is 6.61. The van der Waals surface area contributed by atoms with Gasteiger partial charge in [0.05, 0.1) is 18.8 Å². The molecule has 2 rings (SSSR count). The minimum Gasteiger partial charge on any atom is -0.465 e. The molecule has 0 bridgehead atoms. The van der Waals surface area contributed by atoms with Crippen molar-refractivity contribution in [1.29, 1.82) is 0 Å². The Kier molecular flexibility index (Phi) is 5.14. The number of ether oxygens (including phenoxy) is 1. The lowest BCUT2D eigenvalue weighted by atomic mass is 10.1. The van der Waals surface area contributed by atoms with Crippen LogP contribution in [0.3, 0.4) is 0 Å². The predicted molar refractivity (Wildman–Crippen MR) is 80.7 cm³/mol. The van der Waals surface area contributed by atoms with Gasteiger partial charge in [0.1, 0.15) is 0 Å². The number of methoxy groups -OCH3 is 1. The van der Waals surface area contributed by atoms with E-state index >= 15 is 0 Å². The van der Waals surface area contributed by atoms with E-state index in [-0.39, 0.29) is 5.97 Å². The van der Waals surface area contributed by atoms with Crippen molar-refractivity contribution in [2.75, 3.05) is 7.11 Å². The van der Waals surface area contributed by atoms with Crippen LogP contribution in [0.15, 0.2) is 54.6 Å². The van der Waals surface area contributed by atoms with E-state index in [9.17, 15) is 9.90 Å². The summed E-state index contributed by atoms with van der Waals surface area (Å²) in [6.07, 6.45) is -0.226. The quantitative estimate of drug-likeness (QED) is 0.694. The lowest BCUT2D eigenvalue weighted by Gasteiger charge is -2.05. The summed E-state index contributed by atoms with van der Waals surface area (Å²) in [5.41, 5.74) is 2.14. The van der Waals surface area contributed by atoms with Crippen molar-refractivity contribution in [2.24, 2.45) is 0 Å². The van der Waals surface area contributed by atoms with Crippen LogP contribution >= 0.6 is 0 Å². The topological polar surface area (TPSA) is 46.5 Å². The fourth-order valence-electron chi connectivity index (χ4n) is 1.85. The minimum atomic E-state index is -0.590. The summed E-state index contributed by atoms with van der Waals surface area (Å²) in [4.78, 5) is 11.3. The summed E-state index contributed by atoms with van der Waals surface area (Å²) in [7, 11) is 1.35. The van der Waals surface area contributed by atoms with Gasteiger partial charge in [0.2, 0.25) is 0 Å². The first-order valence-electron chi connectivity index (χ1n) is 6.61. The molecule has 21 heavy (non-hydrogen) atoms. The van der Waals surface area contributed by atoms with E-state index in [1.165, 1.54) is 7.11 Å². The Morgan fingerprint density at radius 3 is 2.43 bits per heavy atom. The Balaban J connectivity index is 1.98. The molecule has 1 unspecified atom stereocenters. The molecule has 2 aromatic carbocycles. The summed E-state index contributed by atoms with van der Waals surface area (Å²) in [6.45, 7) is 0. The molecule has 0 aliphatic heterocycles. The number of aliphatic hydroxyl groups is 1. The van der Waals surface area contributed by atoms with Crippen LogP contribution in [0.4, 0.5) is 0 Å². The number of hydrogen-bond donors (Lipinski definition) is 1. The van der Waals surface area contributed by atoms with E-state index in [1.807, 2.05) is 30.3 Å². The fraction of sp³-hybridized carbons (Fsp3) is 0.167. The van der Waals surface area contributed by atoms with Crippen LogP contribution in [-0.4, -0.2) is 18.2 Å². The van der Waals surface area contributed by atoms with Gasteiger partial charge in [-0.3, -0.25) is 0 Å². The van der Waals surface area contributed by atoms with Crippen LogP contribution in [0.2, 0.25) is 0 Å². The van der Waals surface area contributed by atoms with E-state index in [4.69, 9.17) is 0 Å². The average molecular weight is 280 g/mol. The number of aliphatic hydroxyl groups excluding tert-OH is 1. The van der Waals surface area contributed by atoms with Crippen molar-refractivity contribution in [3.63, 3.8) is 0 Å². The number of benzene rings is 2. The van der Waals surface area contributed by atoms with Crippen LogP contribution in [-0.2, 0) is 4.74 Å². The van der Waals surface area contributed by atoms with E-state index in [0.717, 1.165) is 11.1 Å². The van der Waals surface area contributed by atoms with Crippen molar-refractivity contribution in [3.8, 4) is 11.8 Å². The zero-order valence-corrected chi connectivity index (χ0v) is 11.7. The van der Waals surface area contributed by atoms with Crippen molar-refractivity contribution in [2.45, 2.75) is 12.5 Å². The van der Waals surface area contributed by atoms with E-state index < -0.39 is 6.10 Å². The molecule has 0 saturated carbocycles. The van der Waals surface area contributed by atoms with Gasteiger partial charge < -0.3 is 9.84 Å². The number of carbonyl (C=O) groups excluding carboxylic acids is 1. The van der Waals surface area contributed by atoms with Gasteiger partial charge in [-0.1, -0.05) is 42.2 Å². The lowest BCUT2D eigenvalue weighted by molar-refractivity contribution is 0.0600. The van der Waals surface area contributed by atoms with Crippen molar-refractivity contribution < 1.29 is 14.6 Å². The third-order valence-corrected chi connectivity index (χ3v) is 3.02. The lowest BCUT2D eigenvalue weighted by Crippen LogP contribution is -2.00. The Hall–Kier alpha value is -2.57. The van der Waals surface area contributed by atoms with Gasteiger partial charge in [-0.2, -0.15) is 0 Å². The zero-order chi connectivity index (χ0) is 15.1. The second-order valence-corrected chi connectivity index (χ2v) is 4.50. The van der Waals surface area contributed by atoms with Crippen LogP contribution in [0, 0.1) is 11.8 Å². The molecule has 1 atom stereocenters.